The lowest BCUT2D eigenvalue weighted by molar-refractivity contribution is 0.516. The first-order valence-electron chi connectivity index (χ1n) is 6.31. The van der Waals surface area contributed by atoms with Crippen molar-refractivity contribution in [2.24, 2.45) is 0 Å². The standard InChI is InChI=1S/C14H21NS/c15-14-9-5-4-6-12(14)10-11-16-13-7-2-1-3-8-13/h4-6,9,13H,1-3,7-8,10-11,15H2. The van der Waals surface area contributed by atoms with E-state index in [0.717, 1.165) is 17.4 Å². The molecule has 0 saturated heterocycles. The van der Waals surface area contributed by atoms with Gasteiger partial charge in [-0.25, -0.2) is 0 Å². The molecule has 0 aromatic heterocycles. The average Bonchev–Trinajstić information content (AvgIpc) is 2.33. The fraction of sp³-hybridized carbons (Fsp3) is 0.571. The third kappa shape index (κ3) is 3.44. The van der Waals surface area contributed by atoms with Crippen molar-refractivity contribution in [3.8, 4) is 0 Å². The molecule has 88 valence electrons. The molecule has 1 aromatic rings. The summed E-state index contributed by atoms with van der Waals surface area (Å²) in [7, 11) is 0. The van der Waals surface area contributed by atoms with Crippen molar-refractivity contribution in [2.75, 3.05) is 11.5 Å². The fourth-order valence-corrected chi connectivity index (χ4v) is 3.67. The van der Waals surface area contributed by atoms with Gasteiger partial charge in [-0.1, -0.05) is 37.5 Å². The van der Waals surface area contributed by atoms with Crippen molar-refractivity contribution in [3.05, 3.63) is 29.8 Å². The number of hydrogen-bond donors (Lipinski definition) is 1. The number of rotatable bonds is 4. The fourth-order valence-electron chi connectivity index (χ4n) is 2.33. The van der Waals surface area contributed by atoms with Crippen LogP contribution in [0.5, 0.6) is 0 Å². The van der Waals surface area contributed by atoms with Gasteiger partial charge in [0.15, 0.2) is 0 Å². The van der Waals surface area contributed by atoms with Gasteiger partial charge in [0, 0.05) is 10.9 Å². The van der Waals surface area contributed by atoms with Crippen molar-refractivity contribution in [2.45, 2.75) is 43.8 Å². The predicted molar refractivity (Wildman–Crippen MR) is 73.9 cm³/mol. The van der Waals surface area contributed by atoms with Gasteiger partial charge >= 0.3 is 0 Å². The van der Waals surface area contributed by atoms with Crippen LogP contribution in [0.1, 0.15) is 37.7 Å². The summed E-state index contributed by atoms with van der Waals surface area (Å²) in [5.74, 6) is 1.22. The third-order valence-corrected chi connectivity index (χ3v) is 4.71. The Bertz CT molecular complexity index is 318. The lowest BCUT2D eigenvalue weighted by atomic mass is 10.0. The second-order valence-corrected chi connectivity index (χ2v) is 5.99. The molecule has 0 heterocycles. The van der Waals surface area contributed by atoms with Crippen LogP contribution in [-0.4, -0.2) is 11.0 Å². The molecule has 2 rings (SSSR count). The Kier molecular flexibility index (Phi) is 4.58. The molecule has 0 unspecified atom stereocenters. The molecule has 0 bridgehead atoms. The zero-order valence-corrected chi connectivity index (χ0v) is 10.6. The van der Waals surface area contributed by atoms with Crippen LogP contribution in [0.4, 0.5) is 5.69 Å². The summed E-state index contributed by atoms with van der Waals surface area (Å²) in [6, 6.07) is 8.24. The molecule has 1 aliphatic rings. The van der Waals surface area contributed by atoms with Crippen LogP contribution < -0.4 is 5.73 Å². The first kappa shape index (κ1) is 11.8. The molecule has 0 atom stereocenters. The van der Waals surface area contributed by atoms with Crippen LogP contribution in [0.25, 0.3) is 0 Å². The highest BCUT2D eigenvalue weighted by atomic mass is 32.2. The summed E-state index contributed by atoms with van der Waals surface area (Å²) < 4.78 is 0. The molecular weight excluding hydrogens is 214 g/mol. The minimum atomic E-state index is 0.915. The SMILES string of the molecule is Nc1ccccc1CCSC1CCCCC1. The van der Waals surface area contributed by atoms with Gasteiger partial charge < -0.3 is 5.73 Å². The van der Waals surface area contributed by atoms with Crippen LogP contribution in [0.15, 0.2) is 24.3 Å². The number of nitrogens with two attached hydrogens (primary N) is 1. The number of nitrogen functional groups attached to an aromatic ring is 1. The summed E-state index contributed by atoms with van der Waals surface area (Å²) >= 11 is 2.15. The van der Waals surface area contributed by atoms with Crippen LogP contribution in [0, 0.1) is 0 Å². The van der Waals surface area contributed by atoms with Gasteiger partial charge in [-0.2, -0.15) is 11.8 Å². The molecular formula is C14H21NS. The van der Waals surface area contributed by atoms with Crippen LogP contribution >= 0.6 is 11.8 Å². The molecule has 1 aliphatic carbocycles. The highest BCUT2D eigenvalue weighted by Gasteiger charge is 2.13. The predicted octanol–water partition coefficient (Wildman–Crippen LogP) is 3.88. The van der Waals surface area contributed by atoms with E-state index in [1.54, 1.807) is 0 Å². The van der Waals surface area contributed by atoms with E-state index in [-0.39, 0.29) is 0 Å². The lowest BCUT2D eigenvalue weighted by Crippen LogP contribution is -2.09. The Hall–Kier alpha value is -0.630. The molecule has 1 fully saturated rings. The van der Waals surface area contributed by atoms with Crippen molar-refractivity contribution in [1.82, 2.24) is 0 Å². The molecule has 1 saturated carbocycles. The average molecular weight is 235 g/mol. The second kappa shape index (κ2) is 6.19. The third-order valence-electron chi connectivity index (χ3n) is 3.33. The summed E-state index contributed by atoms with van der Waals surface area (Å²) in [5, 5.41) is 0.915. The van der Waals surface area contributed by atoms with Crippen LogP contribution in [0.2, 0.25) is 0 Å². The van der Waals surface area contributed by atoms with Gasteiger partial charge in [-0.15, -0.1) is 0 Å². The van der Waals surface area contributed by atoms with Crippen molar-refractivity contribution < 1.29 is 0 Å². The van der Waals surface area contributed by atoms with Crippen molar-refractivity contribution in [3.63, 3.8) is 0 Å². The van der Waals surface area contributed by atoms with Gasteiger partial charge in [0.05, 0.1) is 0 Å². The zero-order chi connectivity index (χ0) is 11.2. The van der Waals surface area contributed by atoms with E-state index in [4.69, 9.17) is 5.73 Å². The van der Waals surface area contributed by atoms with E-state index in [1.807, 2.05) is 12.1 Å². The summed E-state index contributed by atoms with van der Waals surface area (Å²) in [4.78, 5) is 0. The van der Waals surface area contributed by atoms with Crippen LogP contribution in [-0.2, 0) is 6.42 Å². The van der Waals surface area contributed by atoms with Crippen molar-refractivity contribution in [1.29, 1.82) is 0 Å². The maximum atomic E-state index is 5.93. The minimum absolute atomic E-state index is 0.915. The van der Waals surface area contributed by atoms with Gasteiger partial charge in [0.25, 0.3) is 0 Å². The molecule has 1 nitrogen and oxygen atoms in total. The van der Waals surface area contributed by atoms with E-state index < -0.39 is 0 Å². The number of benzene rings is 1. The minimum Gasteiger partial charge on any atom is -0.399 e. The quantitative estimate of drug-likeness (QED) is 0.802. The Labute approximate surface area is 103 Å². The van der Waals surface area contributed by atoms with Gasteiger partial charge in [0.1, 0.15) is 0 Å². The smallest absolute Gasteiger partial charge is 0.0346 e. The monoisotopic (exact) mass is 235 g/mol. The number of hydrogen-bond acceptors (Lipinski definition) is 2. The number of anilines is 1. The maximum Gasteiger partial charge on any atom is 0.0346 e. The largest absolute Gasteiger partial charge is 0.399 e. The Morgan fingerprint density at radius 3 is 2.62 bits per heavy atom. The highest BCUT2D eigenvalue weighted by Crippen LogP contribution is 2.28. The number of aryl methyl sites for hydroxylation is 1. The molecule has 2 N–H and O–H groups in total. The van der Waals surface area contributed by atoms with E-state index in [0.29, 0.717) is 0 Å². The Balaban J connectivity index is 1.73. The molecule has 0 radical (unpaired) electrons. The summed E-state index contributed by atoms with van der Waals surface area (Å²) in [6.45, 7) is 0. The first-order chi connectivity index (χ1) is 7.86. The Morgan fingerprint density at radius 1 is 1.12 bits per heavy atom. The molecule has 1 aromatic carbocycles. The van der Waals surface area contributed by atoms with Gasteiger partial charge in [-0.05, 0) is 36.6 Å². The van der Waals surface area contributed by atoms with E-state index in [9.17, 15) is 0 Å². The van der Waals surface area contributed by atoms with E-state index in [1.165, 1.54) is 43.4 Å². The summed E-state index contributed by atoms with van der Waals surface area (Å²) in [5.41, 5.74) is 8.19. The maximum absolute atomic E-state index is 5.93. The topological polar surface area (TPSA) is 26.0 Å². The Morgan fingerprint density at radius 2 is 1.88 bits per heavy atom. The van der Waals surface area contributed by atoms with Crippen molar-refractivity contribution >= 4 is 17.4 Å². The number of para-hydroxylation sites is 1. The van der Waals surface area contributed by atoms with Gasteiger partial charge in [-0.3, -0.25) is 0 Å². The normalized spacial score (nSPS) is 17.5. The van der Waals surface area contributed by atoms with E-state index >= 15 is 0 Å². The number of thioether (sulfide) groups is 1. The molecule has 16 heavy (non-hydrogen) atoms. The first-order valence-corrected chi connectivity index (χ1v) is 7.36. The van der Waals surface area contributed by atoms with Crippen LogP contribution in [0.3, 0.4) is 0 Å². The van der Waals surface area contributed by atoms with Gasteiger partial charge in [0.2, 0.25) is 0 Å². The molecule has 0 spiro atoms. The highest BCUT2D eigenvalue weighted by molar-refractivity contribution is 7.99. The molecule has 0 aliphatic heterocycles. The van der Waals surface area contributed by atoms with E-state index in [2.05, 4.69) is 23.9 Å². The lowest BCUT2D eigenvalue weighted by Gasteiger charge is -2.20. The zero-order valence-electron chi connectivity index (χ0n) is 9.82. The second-order valence-electron chi connectivity index (χ2n) is 4.58. The molecule has 0 amide bonds. The summed E-state index contributed by atoms with van der Waals surface area (Å²) in [6.07, 6.45) is 8.29. The molecule has 2 heteroatoms.